The third-order valence-electron chi connectivity index (χ3n) is 2.00. The first-order valence-electron chi connectivity index (χ1n) is 4.30. The topological polar surface area (TPSA) is 60.2 Å². The van der Waals surface area contributed by atoms with Gasteiger partial charge in [0.15, 0.2) is 0 Å². The fourth-order valence-corrected chi connectivity index (χ4v) is 1.87. The summed E-state index contributed by atoms with van der Waals surface area (Å²) in [6, 6.07) is -0.130. The van der Waals surface area contributed by atoms with E-state index in [-0.39, 0.29) is 11.6 Å². The minimum absolute atomic E-state index is 0.0945. The molecule has 0 spiro atoms. The van der Waals surface area contributed by atoms with Gasteiger partial charge in [0.25, 0.3) is 0 Å². The van der Waals surface area contributed by atoms with Crippen LogP contribution in [-0.2, 0) is 4.79 Å². The van der Waals surface area contributed by atoms with Gasteiger partial charge in [0.1, 0.15) is 0 Å². The van der Waals surface area contributed by atoms with Crippen molar-refractivity contribution in [2.45, 2.75) is 25.3 Å². The largest absolute Gasteiger partial charge is 0.545 e. The Bertz CT molecular complexity index is 298. The molecule has 0 aromatic rings. The van der Waals surface area contributed by atoms with E-state index < -0.39 is 5.97 Å². The molecule has 4 nitrogen and oxygen atoms in total. The SMILES string of the molecule is C=C(CCCC1C=CS[N+]1=O)C(=O)[O-]. The van der Waals surface area contributed by atoms with E-state index in [2.05, 4.69) is 6.58 Å². The molecule has 0 bridgehead atoms. The molecule has 0 amide bonds. The normalized spacial score (nSPS) is 20.0. The van der Waals surface area contributed by atoms with Gasteiger partial charge in [-0.15, -0.1) is 0 Å². The van der Waals surface area contributed by atoms with E-state index in [1.54, 1.807) is 5.41 Å². The summed E-state index contributed by atoms with van der Waals surface area (Å²) in [7, 11) is 0. The number of nitrogens with zero attached hydrogens (tertiary/aromatic N) is 1. The Hall–Kier alpha value is -1.10. The van der Waals surface area contributed by atoms with Crippen molar-refractivity contribution in [1.29, 1.82) is 0 Å². The van der Waals surface area contributed by atoms with Crippen LogP contribution in [0.15, 0.2) is 23.6 Å². The molecular weight excluding hydrogens is 202 g/mol. The summed E-state index contributed by atoms with van der Waals surface area (Å²) in [5.74, 6) is -1.21. The van der Waals surface area contributed by atoms with Gasteiger partial charge in [-0.05, 0) is 18.4 Å². The van der Waals surface area contributed by atoms with Crippen LogP contribution in [0.4, 0.5) is 0 Å². The second-order valence-electron chi connectivity index (χ2n) is 3.07. The third kappa shape index (κ3) is 2.99. The Morgan fingerprint density at radius 3 is 2.86 bits per heavy atom. The van der Waals surface area contributed by atoms with Crippen LogP contribution < -0.4 is 5.11 Å². The highest BCUT2D eigenvalue weighted by Gasteiger charge is 2.28. The summed E-state index contributed by atoms with van der Waals surface area (Å²) in [6.07, 6.45) is 3.49. The fraction of sp³-hybridized carbons (Fsp3) is 0.444. The predicted molar refractivity (Wildman–Crippen MR) is 52.1 cm³/mol. The molecule has 1 aliphatic rings. The molecule has 0 fully saturated rings. The zero-order chi connectivity index (χ0) is 10.6. The van der Waals surface area contributed by atoms with Gasteiger partial charge < -0.3 is 9.90 Å². The highest BCUT2D eigenvalue weighted by molar-refractivity contribution is 7.96. The number of carbonyl (C=O) groups excluding carboxylic acids is 1. The zero-order valence-electron chi connectivity index (χ0n) is 7.64. The van der Waals surface area contributed by atoms with Crippen LogP contribution >= 0.6 is 11.9 Å². The molecule has 0 N–H and O–H groups in total. The average molecular weight is 213 g/mol. The first-order valence-corrected chi connectivity index (χ1v) is 5.14. The second kappa shape index (κ2) is 4.95. The van der Waals surface area contributed by atoms with E-state index in [0.29, 0.717) is 19.3 Å². The maximum Gasteiger partial charge on any atom is 0.243 e. The zero-order valence-corrected chi connectivity index (χ0v) is 8.46. The summed E-state index contributed by atoms with van der Waals surface area (Å²) in [6.45, 7) is 3.36. The molecule has 1 atom stereocenters. The highest BCUT2D eigenvalue weighted by Crippen LogP contribution is 2.22. The molecular formula is C9H11NO3S. The smallest absolute Gasteiger partial charge is 0.243 e. The van der Waals surface area contributed by atoms with Crippen molar-refractivity contribution in [3.8, 4) is 0 Å². The van der Waals surface area contributed by atoms with E-state index in [4.69, 9.17) is 0 Å². The molecule has 5 heteroatoms. The van der Waals surface area contributed by atoms with Gasteiger partial charge in [0, 0.05) is 22.8 Å². The van der Waals surface area contributed by atoms with Crippen molar-refractivity contribution in [3.63, 3.8) is 0 Å². The lowest BCUT2D eigenvalue weighted by Gasteiger charge is -2.05. The minimum Gasteiger partial charge on any atom is -0.545 e. The van der Waals surface area contributed by atoms with Crippen molar-refractivity contribution in [2.75, 3.05) is 0 Å². The Morgan fingerprint density at radius 2 is 2.36 bits per heavy atom. The molecule has 0 aliphatic carbocycles. The van der Waals surface area contributed by atoms with E-state index in [1.807, 2.05) is 6.08 Å². The quantitative estimate of drug-likeness (QED) is 0.385. The molecule has 14 heavy (non-hydrogen) atoms. The van der Waals surface area contributed by atoms with Crippen molar-refractivity contribution >= 4 is 17.9 Å². The number of hydrogen-bond donors (Lipinski definition) is 0. The van der Waals surface area contributed by atoms with Crippen LogP contribution in [0, 0.1) is 4.91 Å². The van der Waals surface area contributed by atoms with Crippen molar-refractivity contribution in [1.82, 2.24) is 0 Å². The number of nitroso groups, excluding NO2 is 1. The van der Waals surface area contributed by atoms with E-state index in [1.165, 1.54) is 0 Å². The van der Waals surface area contributed by atoms with Crippen LogP contribution in [0.3, 0.4) is 0 Å². The Labute approximate surface area is 86.4 Å². The van der Waals surface area contributed by atoms with Crippen LogP contribution in [0.2, 0.25) is 0 Å². The van der Waals surface area contributed by atoms with Crippen LogP contribution in [0.5, 0.6) is 0 Å². The van der Waals surface area contributed by atoms with E-state index >= 15 is 0 Å². The summed E-state index contributed by atoms with van der Waals surface area (Å²) in [5, 5.41) is 12.0. The fourth-order valence-electron chi connectivity index (χ4n) is 1.16. The van der Waals surface area contributed by atoms with Gasteiger partial charge in [-0.25, -0.2) is 0 Å². The molecule has 1 rings (SSSR count). The van der Waals surface area contributed by atoms with Gasteiger partial charge in [0.05, 0.1) is 10.1 Å². The van der Waals surface area contributed by atoms with Crippen molar-refractivity contribution in [3.05, 3.63) is 28.5 Å². The average Bonchev–Trinajstić information content (AvgIpc) is 2.51. The van der Waals surface area contributed by atoms with Gasteiger partial charge in [-0.2, -0.15) is 0 Å². The lowest BCUT2D eigenvalue weighted by molar-refractivity contribution is -0.401. The molecule has 76 valence electrons. The first kappa shape index (κ1) is 11.0. The molecule has 1 aliphatic heterocycles. The Balaban J connectivity index is 2.21. The van der Waals surface area contributed by atoms with Crippen LogP contribution in [0.1, 0.15) is 19.3 Å². The second-order valence-corrected chi connectivity index (χ2v) is 3.91. The lowest BCUT2D eigenvalue weighted by Crippen LogP contribution is -2.24. The van der Waals surface area contributed by atoms with Crippen molar-refractivity contribution < 1.29 is 14.1 Å². The van der Waals surface area contributed by atoms with Gasteiger partial charge in [-0.1, -0.05) is 6.58 Å². The third-order valence-corrected chi connectivity index (χ3v) is 2.76. The molecule has 1 heterocycles. The maximum atomic E-state index is 11.0. The minimum atomic E-state index is -1.21. The summed E-state index contributed by atoms with van der Waals surface area (Å²) < 4.78 is 0.905. The van der Waals surface area contributed by atoms with Crippen molar-refractivity contribution in [2.24, 2.45) is 0 Å². The molecule has 0 aromatic carbocycles. The van der Waals surface area contributed by atoms with Gasteiger partial charge in [0.2, 0.25) is 18.0 Å². The maximum absolute atomic E-state index is 11.0. The molecule has 0 radical (unpaired) electrons. The Kier molecular flexibility index (Phi) is 3.88. The molecule has 0 saturated carbocycles. The van der Waals surface area contributed by atoms with Gasteiger partial charge in [-0.3, -0.25) is 0 Å². The number of hydrogen-bond acceptors (Lipinski definition) is 4. The first-order chi connectivity index (χ1) is 6.61. The standard InChI is InChI=1S/C9H11NO3S/c1-7(9(11)12)3-2-4-8-5-6-14-10(8)13/h5-6,8H,1-4H2. The van der Waals surface area contributed by atoms with Gasteiger partial charge >= 0.3 is 0 Å². The number of aliphatic carboxylic acids is 1. The summed E-state index contributed by atoms with van der Waals surface area (Å²) in [4.78, 5) is 21.3. The number of carboxylic acids is 1. The monoisotopic (exact) mass is 213 g/mol. The highest BCUT2D eigenvalue weighted by atomic mass is 32.2. The lowest BCUT2D eigenvalue weighted by atomic mass is 10.1. The predicted octanol–water partition coefficient (Wildman–Crippen LogP) is 0.786. The molecule has 0 saturated heterocycles. The molecule has 1 unspecified atom stereocenters. The molecule has 0 aromatic heterocycles. The number of rotatable bonds is 5. The Morgan fingerprint density at radius 1 is 1.64 bits per heavy atom. The van der Waals surface area contributed by atoms with Crippen LogP contribution in [-0.4, -0.2) is 16.2 Å². The van der Waals surface area contributed by atoms with E-state index in [0.717, 1.165) is 16.1 Å². The van der Waals surface area contributed by atoms with Crippen LogP contribution in [0.25, 0.3) is 0 Å². The van der Waals surface area contributed by atoms with E-state index in [9.17, 15) is 14.8 Å². The summed E-state index contributed by atoms with van der Waals surface area (Å²) in [5.41, 5.74) is 0.0945. The summed E-state index contributed by atoms with van der Waals surface area (Å²) >= 11 is 1.12. The number of carbonyl (C=O) groups is 1. The number of carboxylic acid groups (broad SMARTS) is 1.